The molecule has 112 valence electrons. The van der Waals surface area contributed by atoms with Gasteiger partial charge in [-0.3, -0.25) is 0 Å². The first-order chi connectivity index (χ1) is 9.90. The summed E-state index contributed by atoms with van der Waals surface area (Å²) in [5, 5.41) is 0. The first kappa shape index (κ1) is 15.9. The highest BCUT2D eigenvalue weighted by atomic mass is 79.9. The maximum Gasteiger partial charge on any atom is 0.350 e. The van der Waals surface area contributed by atoms with Gasteiger partial charge in [-0.25, -0.2) is 13.6 Å². The van der Waals surface area contributed by atoms with Crippen LogP contribution in [-0.2, 0) is 11.2 Å². The lowest BCUT2D eigenvalue weighted by Crippen LogP contribution is -2.02. The Bertz CT molecular complexity index is 692. The van der Waals surface area contributed by atoms with E-state index in [0.29, 0.717) is 21.3 Å². The average molecular weight is 376 g/mol. The van der Waals surface area contributed by atoms with E-state index in [1.165, 1.54) is 19.2 Å². The molecule has 0 spiro atoms. The van der Waals surface area contributed by atoms with Crippen LogP contribution in [0.5, 0.6) is 0 Å². The number of carbonyl (C=O) groups is 1. The number of carbonyl (C=O) groups excluding carboxylic acids is 1. The number of nitrogen functional groups attached to an aromatic ring is 1. The predicted octanol–water partition coefficient (Wildman–Crippen LogP) is 4.39. The van der Waals surface area contributed by atoms with E-state index in [9.17, 15) is 13.6 Å². The molecule has 0 saturated heterocycles. The van der Waals surface area contributed by atoms with Crippen molar-refractivity contribution in [1.82, 2.24) is 0 Å². The Morgan fingerprint density at radius 2 is 1.95 bits per heavy atom. The van der Waals surface area contributed by atoms with Gasteiger partial charge in [-0.05, 0) is 24.1 Å². The Balaban J connectivity index is 2.73. The van der Waals surface area contributed by atoms with E-state index in [4.69, 9.17) is 5.73 Å². The van der Waals surface area contributed by atoms with Crippen molar-refractivity contribution in [2.75, 3.05) is 12.8 Å². The number of halogens is 3. The largest absolute Gasteiger partial charge is 0.465 e. The lowest BCUT2D eigenvalue weighted by molar-refractivity contribution is 0.0607. The standard InChI is InChI=1S/C14H12BrF2NO2S/c1-3-7-11(18)13(14(19)20-2)21-12(7)10-8(16)4-6(15)5-9(10)17/h4-5H,3,18H2,1-2H3. The molecule has 2 aromatic rings. The Morgan fingerprint density at radius 3 is 2.43 bits per heavy atom. The topological polar surface area (TPSA) is 52.3 Å². The molecule has 1 aromatic carbocycles. The van der Waals surface area contributed by atoms with Gasteiger partial charge in [0, 0.05) is 9.35 Å². The summed E-state index contributed by atoms with van der Waals surface area (Å²) in [7, 11) is 1.23. The van der Waals surface area contributed by atoms with E-state index in [-0.39, 0.29) is 16.1 Å². The van der Waals surface area contributed by atoms with E-state index in [0.717, 1.165) is 11.3 Å². The first-order valence-electron chi connectivity index (χ1n) is 6.05. The summed E-state index contributed by atoms with van der Waals surface area (Å²) in [6, 6.07) is 2.34. The Labute approximate surface area is 132 Å². The molecule has 0 saturated carbocycles. The zero-order chi connectivity index (χ0) is 15.7. The minimum Gasteiger partial charge on any atom is -0.465 e. The van der Waals surface area contributed by atoms with Crippen LogP contribution >= 0.6 is 27.3 Å². The molecular formula is C14H12BrF2NO2S. The molecule has 0 unspecified atom stereocenters. The molecule has 0 bridgehead atoms. The van der Waals surface area contributed by atoms with Crippen LogP contribution in [0.15, 0.2) is 16.6 Å². The molecule has 1 heterocycles. The highest BCUT2D eigenvalue weighted by Gasteiger charge is 2.25. The summed E-state index contributed by atoms with van der Waals surface area (Å²) in [6.45, 7) is 1.80. The van der Waals surface area contributed by atoms with Crippen molar-refractivity contribution in [2.45, 2.75) is 13.3 Å². The van der Waals surface area contributed by atoms with Gasteiger partial charge in [0.05, 0.1) is 18.4 Å². The minimum atomic E-state index is -0.714. The smallest absolute Gasteiger partial charge is 0.350 e. The highest BCUT2D eigenvalue weighted by molar-refractivity contribution is 9.10. The number of benzene rings is 1. The maximum absolute atomic E-state index is 14.1. The summed E-state index contributed by atoms with van der Waals surface area (Å²) in [5.41, 5.74) is 6.49. The summed E-state index contributed by atoms with van der Waals surface area (Å²) < 4.78 is 33.2. The fraction of sp³-hybridized carbons (Fsp3) is 0.214. The van der Waals surface area contributed by atoms with Crippen molar-refractivity contribution < 1.29 is 18.3 Å². The summed E-state index contributed by atoms with van der Waals surface area (Å²) in [4.78, 5) is 12.2. The molecular weight excluding hydrogens is 364 g/mol. The van der Waals surface area contributed by atoms with Gasteiger partial charge >= 0.3 is 5.97 Å². The second-order valence-corrected chi connectivity index (χ2v) is 6.18. The van der Waals surface area contributed by atoms with Crippen molar-refractivity contribution in [3.8, 4) is 10.4 Å². The summed E-state index contributed by atoms with van der Waals surface area (Å²) in [6.07, 6.45) is 0.448. The second-order valence-electron chi connectivity index (χ2n) is 4.24. The molecule has 0 aliphatic rings. The van der Waals surface area contributed by atoms with Gasteiger partial charge < -0.3 is 10.5 Å². The van der Waals surface area contributed by atoms with E-state index in [1.807, 2.05) is 0 Å². The van der Waals surface area contributed by atoms with Crippen LogP contribution in [0.3, 0.4) is 0 Å². The van der Waals surface area contributed by atoms with Crippen molar-refractivity contribution in [2.24, 2.45) is 0 Å². The highest BCUT2D eigenvalue weighted by Crippen LogP contribution is 2.42. The predicted molar refractivity (Wildman–Crippen MR) is 82.5 cm³/mol. The van der Waals surface area contributed by atoms with Crippen LogP contribution in [0.1, 0.15) is 22.2 Å². The fourth-order valence-electron chi connectivity index (χ4n) is 2.03. The Hall–Kier alpha value is -1.47. The molecule has 21 heavy (non-hydrogen) atoms. The third-order valence-electron chi connectivity index (χ3n) is 3.01. The SMILES string of the molecule is CCc1c(-c2c(F)cc(Br)cc2F)sc(C(=O)OC)c1N. The number of hydrogen-bond acceptors (Lipinski definition) is 4. The molecule has 2 N–H and O–H groups in total. The van der Waals surface area contributed by atoms with Crippen LogP contribution in [0, 0.1) is 11.6 Å². The first-order valence-corrected chi connectivity index (χ1v) is 7.66. The van der Waals surface area contributed by atoms with Crippen LogP contribution in [0.2, 0.25) is 0 Å². The van der Waals surface area contributed by atoms with Crippen LogP contribution in [0.4, 0.5) is 14.5 Å². The van der Waals surface area contributed by atoms with E-state index in [2.05, 4.69) is 20.7 Å². The second kappa shape index (κ2) is 6.11. The minimum absolute atomic E-state index is 0.158. The van der Waals surface area contributed by atoms with E-state index >= 15 is 0 Å². The molecule has 0 aliphatic heterocycles. The van der Waals surface area contributed by atoms with Crippen molar-refractivity contribution >= 4 is 38.9 Å². The zero-order valence-corrected chi connectivity index (χ0v) is 13.7. The fourth-order valence-corrected chi connectivity index (χ4v) is 3.71. The molecule has 3 nitrogen and oxygen atoms in total. The van der Waals surface area contributed by atoms with Crippen LogP contribution < -0.4 is 5.73 Å². The molecule has 1 aromatic heterocycles. The van der Waals surface area contributed by atoms with E-state index in [1.54, 1.807) is 6.92 Å². The van der Waals surface area contributed by atoms with Crippen LogP contribution in [0.25, 0.3) is 10.4 Å². The molecule has 0 fully saturated rings. The van der Waals surface area contributed by atoms with Crippen molar-refractivity contribution in [1.29, 1.82) is 0 Å². The number of rotatable bonds is 3. The quantitative estimate of drug-likeness (QED) is 0.809. The number of esters is 1. The van der Waals surface area contributed by atoms with Gasteiger partial charge in [0.25, 0.3) is 0 Å². The number of anilines is 1. The summed E-state index contributed by atoms with van der Waals surface area (Å²) in [5.74, 6) is -2.04. The Kier molecular flexibility index (Phi) is 4.63. The number of methoxy groups -OCH3 is 1. The third kappa shape index (κ3) is 2.80. The van der Waals surface area contributed by atoms with Crippen LogP contribution in [-0.4, -0.2) is 13.1 Å². The van der Waals surface area contributed by atoms with Gasteiger partial charge in [0.1, 0.15) is 16.5 Å². The summed E-state index contributed by atoms with van der Waals surface area (Å²) >= 11 is 3.97. The van der Waals surface area contributed by atoms with Crippen molar-refractivity contribution in [3.05, 3.63) is 38.7 Å². The van der Waals surface area contributed by atoms with Gasteiger partial charge in [-0.15, -0.1) is 11.3 Å². The van der Waals surface area contributed by atoms with Gasteiger partial charge in [0.2, 0.25) is 0 Å². The van der Waals surface area contributed by atoms with Gasteiger partial charge in [-0.2, -0.15) is 0 Å². The zero-order valence-electron chi connectivity index (χ0n) is 11.3. The molecule has 0 aliphatic carbocycles. The normalized spacial score (nSPS) is 10.7. The number of hydrogen-bond donors (Lipinski definition) is 1. The van der Waals surface area contributed by atoms with Gasteiger partial charge in [-0.1, -0.05) is 22.9 Å². The average Bonchev–Trinajstić information content (AvgIpc) is 2.73. The molecule has 0 amide bonds. The molecule has 7 heteroatoms. The third-order valence-corrected chi connectivity index (χ3v) is 4.71. The lowest BCUT2D eigenvalue weighted by atomic mass is 10.0. The number of nitrogens with two attached hydrogens (primary N) is 1. The molecule has 2 rings (SSSR count). The monoisotopic (exact) mass is 375 g/mol. The van der Waals surface area contributed by atoms with E-state index < -0.39 is 17.6 Å². The molecule has 0 radical (unpaired) electrons. The number of thiophene rings is 1. The molecule has 0 atom stereocenters. The lowest BCUT2D eigenvalue weighted by Gasteiger charge is -2.06. The van der Waals surface area contributed by atoms with Crippen molar-refractivity contribution in [3.63, 3.8) is 0 Å². The van der Waals surface area contributed by atoms with Gasteiger partial charge in [0.15, 0.2) is 0 Å². The maximum atomic E-state index is 14.1. The number of ether oxygens (including phenoxy) is 1. The Morgan fingerprint density at radius 1 is 1.38 bits per heavy atom.